The van der Waals surface area contributed by atoms with Gasteiger partial charge in [-0.3, -0.25) is 0 Å². The summed E-state index contributed by atoms with van der Waals surface area (Å²) in [5, 5.41) is 13.5. The Hall–Kier alpha value is -1.06. The third-order valence-electron chi connectivity index (χ3n) is 3.45. The fourth-order valence-electron chi connectivity index (χ4n) is 1.88. The molecule has 1 aromatic rings. The molecule has 114 valence electrons. The zero-order chi connectivity index (χ0) is 15.2. The monoisotopic (exact) mass is 279 g/mol. The Morgan fingerprint density at radius 3 is 2.65 bits per heavy atom. The van der Waals surface area contributed by atoms with Gasteiger partial charge in [-0.1, -0.05) is 39.0 Å². The average molecular weight is 279 g/mol. The Morgan fingerprint density at radius 1 is 1.35 bits per heavy atom. The van der Waals surface area contributed by atoms with Crippen molar-refractivity contribution >= 4 is 0 Å². The number of aryl methyl sites for hydroxylation is 1. The van der Waals surface area contributed by atoms with Crippen LogP contribution < -0.4 is 10.1 Å². The Bertz CT molecular complexity index is 413. The van der Waals surface area contributed by atoms with Crippen molar-refractivity contribution in [1.82, 2.24) is 5.32 Å². The third kappa shape index (κ3) is 5.51. The predicted octanol–water partition coefficient (Wildman–Crippen LogP) is 3.28. The van der Waals surface area contributed by atoms with Crippen molar-refractivity contribution in [2.24, 2.45) is 5.92 Å². The molecule has 0 heterocycles. The first-order valence-electron chi connectivity index (χ1n) is 7.50. The number of hydrogen-bond donors (Lipinski definition) is 2. The summed E-state index contributed by atoms with van der Waals surface area (Å²) in [6, 6.07) is 6.17. The van der Waals surface area contributed by atoms with E-state index < -0.39 is 5.60 Å². The van der Waals surface area contributed by atoms with Gasteiger partial charge in [0.25, 0.3) is 0 Å². The highest BCUT2D eigenvalue weighted by atomic mass is 16.5. The highest BCUT2D eigenvalue weighted by molar-refractivity contribution is 5.40. The molecule has 0 aliphatic carbocycles. The molecule has 1 aromatic carbocycles. The molecule has 0 saturated carbocycles. The van der Waals surface area contributed by atoms with E-state index in [2.05, 4.69) is 25.2 Å². The van der Waals surface area contributed by atoms with Gasteiger partial charge in [-0.25, -0.2) is 0 Å². The third-order valence-corrected chi connectivity index (χ3v) is 3.45. The molecule has 2 N–H and O–H groups in total. The maximum Gasteiger partial charge on any atom is 0.126 e. The van der Waals surface area contributed by atoms with Crippen LogP contribution in [0.4, 0.5) is 0 Å². The van der Waals surface area contributed by atoms with E-state index in [0.29, 0.717) is 18.9 Å². The first-order chi connectivity index (χ1) is 9.35. The van der Waals surface area contributed by atoms with Gasteiger partial charge < -0.3 is 15.2 Å². The average Bonchev–Trinajstić information content (AvgIpc) is 2.37. The van der Waals surface area contributed by atoms with E-state index in [0.717, 1.165) is 30.0 Å². The van der Waals surface area contributed by atoms with E-state index >= 15 is 0 Å². The van der Waals surface area contributed by atoms with Crippen molar-refractivity contribution in [2.75, 3.05) is 13.2 Å². The van der Waals surface area contributed by atoms with Crippen LogP contribution in [0.25, 0.3) is 0 Å². The quantitative estimate of drug-likeness (QED) is 0.767. The molecule has 0 spiro atoms. The van der Waals surface area contributed by atoms with Crippen LogP contribution in [0.2, 0.25) is 0 Å². The minimum atomic E-state index is -0.773. The summed E-state index contributed by atoms with van der Waals surface area (Å²) in [5.74, 6) is 1.53. The molecule has 0 bridgehead atoms. The van der Waals surface area contributed by atoms with Gasteiger partial charge in [0.1, 0.15) is 12.4 Å². The van der Waals surface area contributed by atoms with Crippen molar-refractivity contribution in [2.45, 2.75) is 53.2 Å². The molecule has 1 unspecified atom stereocenters. The molecule has 0 aromatic heterocycles. The summed E-state index contributed by atoms with van der Waals surface area (Å²) in [4.78, 5) is 0. The smallest absolute Gasteiger partial charge is 0.126 e. The molecule has 0 aliphatic rings. The molecule has 0 amide bonds. The molecular weight excluding hydrogens is 250 g/mol. The topological polar surface area (TPSA) is 41.5 Å². The lowest BCUT2D eigenvalue weighted by Gasteiger charge is -2.23. The fraction of sp³-hybridized carbons (Fsp3) is 0.647. The fourth-order valence-corrected chi connectivity index (χ4v) is 1.88. The van der Waals surface area contributed by atoms with Crippen molar-refractivity contribution < 1.29 is 9.84 Å². The molecule has 1 atom stereocenters. The first-order valence-corrected chi connectivity index (χ1v) is 7.50. The normalized spacial score (nSPS) is 14.3. The van der Waals surface area contributed by atoms with Crippen LogP contribution in [0.15, 0.2) is 18.2 Å². The lowest BCUT2D eigenvalue weighted by atomic mass is 10.1. The van der Waals surface area contributed by atoms with Crippen LogP contribution in [-0.4, -0.2) is 23.9 Å². The largest absolute Gasteiger partial charge is 0.490 e. The van der Waals surface area contributed by atoms with Crippen LogP contribution in [0.3, 0.4) is 0 Å². The summed E-state index contributed by atoms with van der Waals surface area (Å²) in [7, 11) is 0. The second kappa shape index (κ2) is 7.65. The second-order valence-electron chi connectivity index (χ2n) is 6.23. The molecule has 20 heavy (non-hydrogen) atoms. The van der Waals surface area contributed by atoms with E-state index in [1.165, 1.54) is 0 Å². The Labute approximate surface area is 123 Å². The Balaban J connectivity index is 2.72. The summed E-state index contributed by atoms with van der Waals surface area (Å²) < 4.78 is 5.89. The maximum atomic E-state index is 10.1. The number of benzene rings is 1. The van der Waals surface area contributed by atoms with Gasteiger partial charge in [-0.2, -0.15) is 0 Å². The van der Waals surface area contributed by atoms with E-state index in [1.807, 2.05) is 32.9 Å². The summed E-state index contributed by atoms with van der Waals surface area (Å²) >= 11 is 0. The summed E-state index contributed by atoms with van der Waals surface area (Å²) in [6.45, 7) is 12.3. The minimum Gasteiger partial charge on any atom is -0.490 e. The number of ether oxygens (including phenoxy) is 1. The Morgan fingerprint density at radius 2 is 2.05 bits per heavy atom. The number of rotatable bonds is 8. The SMILES string of the molecule is CCC(C)(O)COc1c(C)cccc1CNCC(C)C. The van der Waals surface area contributed by atoms with E-state index in [1.54, 1.807) is 0 Å². The van der Waals surface area contributed by atoms with Crippen molar-refractivity contribution in [3.63, 3.8) is 0 Å². The summed E-state index contributed by atoms with van der Waals surface area (Å²) in [5.41, 5.74) is 1.49. The van der Waals surface area contributed by atoms with Gasteiger partial charge in [-0.15, -0.1) is 0 Å². The van der Waals surface area contributed by atoms with Crippen molar-refractivity contribution in [1.29, 1.82) is 0 Å². The standard InChI is InChI=1S/C17H29NO2/c1-6-17(5,19)12-20-16-14(4)8-7-9-15(16)11-18-10-13(2)3/h7-9,13,18-19H,6,10-12H2,1-5H3. The van der Waals surface area contributed by atoms with Crippen LogP contribution in [0.1, 0.15) is 45.2 Å². The zero-order valence-corrected chi connectivity index (χ0v) is 13.5. The lowest BCUT2D eigenvalue weighted by Crippen LogP contribution is -2.31. The number of hydrogen-bond acceptors (Lipinski definition) is 3. The number of aliphatic hydroxyl groups is 1. The molecule has 0 saturated heterocycles. The first kappa shape index (κ1) is 17.0. The van der Waals surface area contributed by atoms with E-state index in [-0.39, 0.29) is 0 Å². The van der Waals surface area contributed by atoms with Gasteiger partial charge >= 0.3 is 0 Å². The molecular formula is C17H29NO2. The van der Waals surface area contributed by atoms with Gasteiger partial charge in [0, 0.05) is 12.1 Å². The van der Waals surface area contributed by atoms with E-state index in [9.17, 15) is 5.11 Å². The van der Waals surface area contributed by atoms with Gasteiger partial charge in [-0.05, 0) is 38.3 Å². The van der Waals surface area contributed by atoms with Gasteiger partial charge in [0.05, 0.1) is 5.60 Å². The van der Waals surface area contributed by atoms with Gasteiger partial charge in [0.15, 0.2) is 0 Å². The van der Waals surface area contributed by atoms with Crippen LogP contribution >= 0.6 is 0 Å². The van der Waals surface area contributed by atoms with Crippen LogP contribution in [0, 0.1) is 12.8 Å². The highest BCUT2D eigenvalue weighted by Gasteiger charge is 2.19. The Kier molecular flexibility index (Phi) is 6.50. The minimum absolute atomic E-state index is 0.325. The number of para-hydroxylation sites is 1. The molecule has 0 aliphatic heterocycles. The molecule has 3 nitrogen and oxygen atoms in total. The van der Waals surface area contributed by atoms with Crippen LogP contribution in [0.5, 0.6) is 5.75 Å². The molecule has 3 heteroatoms. The molecule has 0 fully saturated rings. The predicted molar refractivity (Wildman–Crippen MR) is 84.1 cm³/mol. The highest BCUT2D eigenvalue weighted by Crippen LogP contribution is 2.25. The zero-order valence-electron chi connectivity index (χ0n) is 13.5. The second-order valence-corrected chi connectivity index (χ2v) is 6.23. The van der Waals surface area contributed by atoms with E-state index in [4.69, 9.17) is 4.74 Å². The number of nitrogens with one attached hydrogen (secondary N) is 1. The molecule has 1 rings (SSSR count). The van der Waals surface area contributed by atoms with Crippen LogP contribution in [-0.2, 0) is 6.54 Å². The molecule has 0 radical (unpaired) electrons. The van der Waals surface area contributed by atoms with Gasteiger partial charge in [0.2, 0.25) is 0 Å². The maximum absolute atomic E-state index is 10.1. The van der Waals surface area contributed by atoms with Crippen molar-refractivity contribution in [3.05, 3.63) is 29.3 Å². The lowest BCUT2D eigenvalue weighted by molar-refractivity contribution is 0.00796. The summed E-state index contributed by atoms with van der Waals surface area (Å²) in [6.07, 6.45) is 0.680. The van der Waals surface area contributed by atoms with Crippen molar-refractivity contribution in [3.8, 4) is 5.75 Å².